The van der Waals surface area contributed by atoms with Crippen LogP contribution in [0.4, 0.5) is 10.2 Å². The number of furan rings is 1. The van der Waals surface area contributed by atoms with E-state index in [1.807, 2.05) is 19.1 Å². The van der Waals surface area contributed by atoms with Gasteiger partial charge in [-0.3, -0.25) is 5.10 Å². The van der Waals surface area contributed by atoms with Crippen LogP contribution in [-0.2, 0) is 6.42 Å². The smallest absolute Gasteiger partial charge is 0.153 e. The number of hydrogen-bond donors (Lipinski definition) is 2. The zero-order valence-corrected chi connectivity index (χ0v) is 11.0. The zero-order valence-electron chi connectivity index (χ0n) is 11.0. The number of nitrogens with one attached hydrogen (secondary N) is 1. The van der Waals surface area contributed by atoms with Crippen molar-refractivity contribution in [2.24, 2.45) is 0 Å². The lowest BCUT2D eigenvalue weighted by molar-refractivity contribution is 0.527. The molecule has 2 aromatic heterocycles. The number of rotatable bonds is 3. The SMILES string of the molecule is CCc1ccc(-c2[nH]nc(N)c2-c2cccc(F)c2)o1. The maximum Gasteiger partial charge on any atom is 0.153 e. The lowest BCUT2D eigenvalue weighted by Crippen LogP contribution is -1.89. The second kappa shape index (κ2) is 4.85. The van der Waals surface area contributed by atoms with E-state index in [4.69, 9.17) is 10.2 Å². The molecule has 3 aromatic rings. The van der Waals surface area contributed by atoms with E-state index in [1.165, 1.54) is 12.1 Å². The Bertz CT molecular complexity index is 745. The van der Waals surface area contributed by atoms with Crippen molar-refractivity contribution in [2.75, 3.05) is 5.73 Å². The van der Waals surface area contributed by atoms with E-state index in [2.05, 4.69) is 10.2 Å². The molecule has 0 unspecified atom stereocenters. The van der Waals surface area contributed by atoms with E-state index in [0.29, 0.717) is 28.4 Å². The molecular weight excluding hydrogens is 257 g/mol. The molecule has 0 spiro atoms. The lowest BCUT2D eigenvalue weighted by Gasteiger charge is -2.03. The molecule has 0 amide bonds. The molecular formula is C15H14FN3O. The Morgan fingerprint density at radius 1 is 1.30 bits per heavy atom. The number of nitrogen functional groups attached to an aromatic ring is 1. The largest absolute Gasteiger partial charge is 0.459 e. The van der Waals surface area contributed by atoms with E-state index in [-0.39, 0.29) is 5.82 Å². The van der Waals surface area contributed by atoms with Gasteiger partial charge in [0, 0.05) is 6.42 Å². The highest BCUT2D eigenvalue weighted by Crippen LogP contribution is 2.35. The van der Waals surface area contributed by atoms with Gasteiger partial charge in [0.25, 0.3) is 0 Å². The Morgan fingerprint density at radius 3 is 2.85 bits per heavy atom. The van der Waals surface area contributed by atoms with E-state index in [0.717, 1.165) is 12.2 Å². The molecule has 0 aliphatic rings. The summed E-state index contributed by atoms with van der Waals surface area (Å²) in [5.74, 6) is 1.52. The van der Waals surface area contributed by atoms with Crippen LogP contribution in [-0.4, -0.2) is 10.2 Å². The number of anilines is 1. The minimum absolute atomic E-state index is 0.317. The normalized spacial score (nSPS) is 10.9. The molecule has 0 atom stereocenters. The number of benzene rings is 1. The van der Waals surface area contributed by atoms with Crippen LogP contribution in [0.25, 0.3) is 22.6 Å². The Kier molecular flexibility index (Phi) is 3.02. The molecule has 5 heteroatoms. The van der Waals surface area contributed by atoms with E-state index < -0.39 is 0 Å². The first kappa shape index (κ1) is 12.5. The summed E-state index contributed by atoms with van der Waals surface area (Å²) in [5, 5.41) is 6.86. The number of aromatic nitrogens is 2. The average Bonchev–Trinajstić information content (AvgIpc) is 3.04. The monoisotopic (exact) mass is 271 g/mol. The number of H-pyrrole nitrogens is 1. The number of hydrogen-bond acceptors (Lipinski definition) is 3. The Labute approximate surface area is 115 Å². The summed E-state index contributed by atoms with van der Waals surface area (Å²) in [5.41, 5.74) is 7.88. The third-order valence-electron chi connectivity index (χ3n) is 3.16. The molecule has 0 saturated heterocycles. The predicted octanol–water partition coefficient (Wildman–Crippen LogP) is 3.62. The number of nitrogens with two attached hydrogens (primary N) is 1. The van der Waals surface area contributed by atoms with E-state index in [9.17, 15) is 4.39 Å². The van der Waals surface area contributed by atoms with Gasteiger partial charge in [0.2, 0.25) is 0 Å². The standard InChI is InChI=1S/C15H14FN3O/c1-2-11-6-7-12(20-11)14-13(15(17)19-18-14)9-4-3-5-10(16)8-9/h3-8H,2H2,1H3,(H3,17,18,19). The Hall–Kier alpha value is -2.56. The molecule has 2 heterocycles. The van der Waals surface area contributed by atoms with Gasteiger partial charge in [-0.15, -0.1) is 0 Å². The van der Waals surface area contributed by atoms with Crippen molar-refractivity contribution in [3.8, 4) is 22.6 Å². The summed E-state index contributed by atoms with van der Waals surface area (Å²) in [4.78, 5) is 0. The van der Waals surface area contributed by atoms with Gasteiger partial charge in [-0.1, -0.05) is 19.1 Å². The molecule has 0 bridgehead atoms. The average molecular weight is 271 g/mol. The predicted molar refractivity (Wildman–Crippen MR) is 75.5 cm³/mol. The van der Waals surface area contributed by atoms with Gasteiger partial charge >= 0.3 is 0 Å². The van der Waals surface area contributed by atoms with Gasteiger partial charge in [0.15, 0.2) is 11.6 Å². The fraction of sp³-hybridized carbons (Fsp3) is 0.133. The van der Waals surface area contributed by atoms with Gasteiger partial charge in [-0.25, -0.2) is 4.39 Å². The van der Waals surface area contributed by atoms with Gasteiger partial charge in [-0.05, 0) is 29.8 Å². The molecule has 102 valence electrons. The summed E-state index contributed by atoms with van der Waals surface area (Å²) in [6.45, 7) is 2.01. The quantitative estimate of drug-likeness (QED) is 0.764. The van der Waals surface area contributed by atoms with Crippen LogP contribution in [0.15, 0.2) is 40.8 Å². The fourth-order valence-electron chi connectivity index (χ4n) is 2.17. The summed E-state index contributed by atoms with van der Waals surface area (Å²) in [6.07, 6.45) is 0.804. The minimum Gasteiger partial charge on any atom is -0.459 e. The molecule has 0 saturated carbocycles. The second-order valence-corrected chi connectivity index (χ2v) is 4.49. The highest BCUT2D eigenvalue weighted by Gasteiger charge is 2.17. The number of aryl methyl sites for hydroxylation is 1. The first-order valence-electron chi connectivity index (χ1n) is 6.38. The van der Waals surface area contributed by atoms with Gasteiger partial charge in [0.1, 0.15) is 17.3 Å². The number of aromatic amines is 1. The summed E-state index contributed by atoms with van der Waals surface area (Å²) in [7, 11) is 0. The Morgan fingerprint density at radius 2 is 2.15 bits per heavy atom. The van der Waals surface area contributed by atoms with Crippen LogP contribution in [0.2, 0.25) is 0 Å². The number of halogens is 1. The van der Waals surface area contributed by atoms with Gasteiger partial charge < -0.3 is 10.2 Å². The summed E-state index contributed by atoms with van der Waals surface area (Å²) in [6, 6.07) is 10.0. The topological polar surface area (TPSA) is 67.8 Å². The van der Waals surface area contributed by atoms with Crippen LogP contribution in [0.3, 0.4) is 0 Å². The van der Waals surface area contributed by atoms with Crippen LogP contribution < -0.4 is 5.73 Å². The Balaban J connectivity index is 2.14. The number of nitrogens with zero attached hydrogens (tertiary/aromatic N) is 1. The van der Waals surface area contributed by atoms with Crippen LogP contribution in [0.1, 0.15) is 12.7 Å². The zero-order chi connectivity index (χ0) is 14.1. The highest BCUT2D eigenvalue weighted by molar-refractivity contribution is 5.86. The maximum atomic E-state index is 13.4. The summed E-state index contributed by atoms with van der Waals surface area (Å²) < 4.78 is 19.1. The summed E-state index contributed by atoms with van der Waals surface area (Å²) >= 11 is 0. The first-order valence-corrected chi connectivity index (χ1v) is 6.38. The maximum absolute atomic E-state index is 13.4. The highest BCUT2D eigenvalue weighted by atomic mass is 19.1. The third kappa shape index (κ3) is 2.07. The van der Waals surface area contributed by atoms with Crippen LogP contribution in [0.5, 0.6) is 0 Å². The van der Waals surface area contributed by atoms with E-state index >= 15 is 0 Å². The van der Waals surface area contributed by atoms with Crippen molar-refractivity contribution >= 4 is 5.82 Å². The van der Waals surface area contributed by atoms with Crippen molar-refractivity contribution in [1.82, 2.24) is 10.2 Å². The molecule has 20 heavy (non-hydrogen) atoms. The molecule has 0 aliphatic heterocycles. The van der Waals surface area contributed by atoms with E-state index in [1.54, 1.807) is 12.1 Å². The van der Waals surface area contributed by atoms with Gasteiger partial charge in [-0.2, -0.15) is 5.10 Å². The lowest BCUT2D eigenvalue weighted by atomic mass is 10.0. The van der Waals surface area contributed by atoms with Crippen molar-refractivity contribution in [3.05, 3.63) is 48.0 Å². The van der Waals surface area contributed by atoms with Gasteiger partial charge in [0.05, 0.1) is 5.56 Å². The van der Waals surface area contributed by atoms with Crippen molar-refractivity contribution in [2.45, 2.75) is 13.3 Å². The molecule has 1 aromatic carbocycles. The van der Waals surface area contributed by atoms with Crippen molar-refractivity contribution in [1.29, 1.82) is 0 Å². The molecule has 0 aliphatic carbocycles. The molecule has 0 fully saturated rings. The van der Waals surface area contributed by atoms with Crippen molar-refractivity contribution < 1.29 is 8.81 Å². The molecule has 0 radical (unpaired) electrons. The minimum atomic E-state index is -0.317. The van der Waals surface area contributed by atoms with Crippen LogP contribution in [0, 0.1) is 5.82 Å². The first-order chi connectivity index (χ1) is 9.69. The molecule has 3 N–H and O–H groups in total. The fourth-order valence-corrected chi connectivity index (χ4v) is 2.17. The molecule has 3 rings (SSSR count). The van der Waals surface area contributed by atoms with Crippen molar-refractivity contribution in [3.63, 3.8) is 0 Å². The second-order valence-electron chi connectivity index (χ2n) is 4.49. The van der Waals surface area contributed by atoms with Crippen LogP contribution >= 0.6 is 0 Å². The molecule has 4 nitrogen and oxygen atoms in total. The third-order valence-corrected chi connectivity index (χ3v) is 3.16.